The molecule has 2 aliphatic rings. The molecule has 1 atom stereocenters. The molecule has 2 N–H and O–H groups in total. The average Bonchev–Trinajstić information content (AvgIpc) is 2.93. The number of amides is 2. The molecule has 9 nitrogen and oxygen atoms in total. The van der Waals surface area contributed by atoms with E-state index in [1.165, 1.54) is 6.07 Å². The largest absolute Gasteiger partial charge is 0.496 e. The lowest BCUT2D eigenvalue weighted by atomic mass is 9.93. The fourth-order valence-electron chi connectivity index (χ4n) is 4.96. The zero-order chi connectivity index (χ0) is 28.9. The quantitative estimate of drug-likeness (QED) is 0.449. The normalized spacial score (nSPS) is 18.3. The number of nitrogens with zero attached hydrogens (tertiary/aromatic N) is 2. The summed E-state index contributed by atoms with van der Waals surface area (Å²) in [5, 5.41) is 5.61. The molecule has 12 heteroatoms. The Morgan fingerprint density at radius 2 is 1.82 bits per heavy atom. The summed E-state index contributed by atoms with van der Waals surface area (Å²) in [6, 6.07) is 9.41. The van der Waals surface area contributed by atoms with Crippen molar-refractivity contribution in [3.63, 3.8) is 0 Å². The summed E-state index contributed by atoms with van der Waals surface area (Å²) >= 11 is 0. The van der Waals surface area contributed by atoms with Crippen LogP contribution in [-0.2, 0) is 27.1 Å². The second-order valence-electron chi connectivity index (χ2n) is 9.46. The van der Waals surface area contributed by atoms with Gasteiger partial charge >= 0.3 is 18.2 Å². The molecule has 0 radical (unpaired) electrons. The number of piperazine rings is 1. The highest BCUT2D eigenvalue weighted by Crippen LogP contribution is 2.33. The van der Waals surface area contributed by atoms with Crippen LogP contribution in [-0.4, -0.2) is 70.5 Å². The number of hydrogen-bond acceptors (Lipinski definition) is 7. The van der Waals surface area contributed by atoms with Gasteiger partial charge in [-0.05, 0) is 42.8 Å². The van der Waals surface area contributed by atoms with Crippen LogP contribution in [0.3, 0.4) is 0 Å². The topological polar surface area (TPSA) is 92.4 Å². The Morgan fingerprint density at radius 3 is 2.48 bits per heavy atom. The molecule has 1 fully saturated rings. The van der Waals surface area contributed by atoms with Crippen LogP contribution in [0.25, 0.3) is 0 Å². The van der Waals surface area contributed by atoms with Gasteiger partial charge in [-0.2, -0.15) is 13.2 Å². The highest BCUT2D eigenvalue weighted by molar-refractivity contribution is 5.95. The number of alkyl halides is 3. The molecule has 216 valence electrons. The molecule has 0 saturated carbocycles. The number of esters is 1. The van der Waals surface area contributed by atoms with Crippen LogP contribution in [0.15, 0.2) is 53.7 Å². The van der Waals surface area contributed by atoms with E-state index >= 15 is 0 Å². The van der Waals surface area contributed by atoms with Gasteiger partial charge in [0.05, 0.1) is 37.5 Å². The molecule has 2 heterocycles. The number of rotatable bonds is 9. The van der Waals surface area contributed by atoms with E-state index in [2.05, 4.69) is 10.6 Å². The van der Waals surface area contributed by atoms with Crippen molar-refractivity contribution in [2.24, 2.45) is 0 Å². The van der Waals surface area contributed by atoms with Crippen molar-refractivity contribution < 1.29 is 37.0 Å². The maximum Gasteiger partial charge on any atom is 0.416 e. The lowest BCUT2D eigenvalue weighted by Crippen LogP contribution is -2.51. The minimum atomic E-state index is -4.41. The van der Waals surface area contributed by atoms with E-state index in [9.17, 15) is 22.8 Å². The minimum absolute atomic E-state index is 0.156. The summed E-state index contributed by atoms with van der Waals surface area (Å²) in [5.74, 6) is 0.0631. The van der Waals surface area contributed by atoms with Gasteiger partial charge in [0.1, 0.15) is 5.75 Å². The van der Waals surface area contributed by atoms with E-state index in [0.717, 1.165) is 17.7 Å². The SMILES string of the molecule is CCOC(=O)C1=C(CN2CCN(c3cccc(C(F)(F)F)c3)CC2)NC(=O)NC1c1ccc(OC)c(COC)c1. The first-order chi connectivity index (χ1) is 19.1. The highest BCUT2D eigenvalue weighted by Gasteiger charge is 2.35. The Kier molecular flexibility index (Phi) is 9.21. The minimum Gasteiger partial charge on any atom is -0.496 e. The van der Waals surface area contributed by atoms with Crippen molar-refractivity contribution in [1.82, 2.24) is 15.5 Å². The molecular weight excluding hydrogens is 529 g/mol. The molecule has 0 aromatic heterocycles. The third-order valence-electron chi connectivity index (χ3n) is 6.88. The lowest BCUT2D eigenvalue weighted by molar-refractivity contribution is -0.139. The van der Waals surface area contributed by atoms with Crippen molar-refractivity contribution >= 4 is 17.7 Å². The van der Waals surface area contributed by atoms with E-state index in [4.69, 9.17) is 14.2 Å². The van der Waals surface area contributed by atoms with E-state index in [1.54, 1.807) is 39.3 Å². The third kappa shape index (κ3) is 6.68. The van der Waals surface area contributed by atoms with Crippen LogP contribution in [0, 0.1) is 0 Å². The van der Waals surface area contributed by atoms with Crippen LogP contribution < -0.4 is 20.3 Å². The van der Waals surface area contributed by atoms with E-state index in [1.807, 2.05) is 15.9 Å². The number of hydrogen-bond donors (Lipinski definition) is 2. The molecule has 4 rings (SSSR count). The molecule has 0 spiro atoms. The first-order valence-electron chi connectivity index (χ1n) is 12.9. The Labute approximate surface area is 230 Å². The second kappa shape index (κ2) is 12.6. The number of halogens is 3. The Bertz CT molecular complexity index is 1260. The van der Waals surface area contributed by atoms with Crippen LogP contribution in [0.5, 0.6) is 5.75 Å². The van der Waals surface area contributed by atoms with Crippen LogP contribution in [0.4, 0.5) is 23.7 Å². The number of methoxy groups -OCH3 is 2. The van der Waals surface area contributed by atoms with Crippen LogP contribution >= 0.6 is 0 Å². The Hall–Kier alpha value is -3.77. The summed E-state index contributed by atoms with van der Waals surface area (Å²) < 4.78 is 55.6. The third-order valence-corrected chi connectivity index (χ3v) is 6.88. The number of benzene rings is 2. The predicted octanol–water partition coefficient (Wildman–Crippen LogP) is 3.85. The van der Waals surface area contributed by atoms with Gasteiger partial charge in [0.25, 0.3) is 0 Å². The van der Waals surface area contributed by atoms with Crippen molar-refractivity contribution in [3.05, 3.63) is 70.4 Å². The highest BCUT2D eigenvalue weighted by atomic mass is 19.4. The molecule has 0 bridgehead atoms. The fourth-order valence-corrected chi connectivity index (χ4v) is 4.96. The first kappa shape index (κ1) is 29.2. The number of carbonyl (C=O) groups is 2. The van der Waals surface area contributed by atoms with Crippen LogP contribution in [0.1, 0.15) is 29.7 Å². The summed E-state index contributed by atoms with van der Waals surface area (Å²) in [7, 11) is 3.11. The van der Waals surface area contributed by atoms with Crippen molar-refractivity contribution in [2.75, 3.05) is 58.5 Å². The smallest absolute Gasteiger partial charge is 0.416 e. The molecular formula is C28H33F3N4O5. The summed E-state index contributed by atoms with van der Waals surface area (Å²) in [5.41, 5.74) is 1.94. The van der Waals surface area contributed by atoms with E-state index in [0.29, 0.717) is 48.9 Å². The van der Waals surface area contributed by atoms with Gasteiger partial charge in [-0.3, -0.25) is 4.90 Å². The molecule has 1 saturated heterocycles. The summed E-state index contributed by atoms with van der Waals surface area (Å²) in [6.45, 7) is 4.40. The maximum absolute atomic E-state index is 13.2. The molecule has 0 aliphatic carbocycles. The second-order valence-corrected chi connectivity index (χ2v) is 9.46. The zero-order valence-corrected chi connectivity index (χ0v) is 22.6. The van der Waals surface area contributed by atoms with Gasteiger partial charge in [0, 0.05) is 56.8 Å². The Morgan fingerprint density at radius 1 is 1.07 bits per heavy atom. The number of urea groups is 1. The van der Waals surface area contributed by atoms with E-state index < -0.39 is 29.8 Å². The molecule has 2 amide bonds. The summed E-state index contributed by atoms with van der Waals surface area (Å²) in [4.78, 5) is 29.9. The van der Waals surface area contributed by atoms with Crippen molar-refractivity contribution in [3.8, 4) is 5.75 Å². The molecule has 2 aliphatic heterocycles. The molecule has 1 unspecified atom stereocenters. The molecule has 2 aromatic carbocycles. The van der Waals surface area contributed by atoms with Gasteiger partial charge in [0.2, 0.25) is 0 Å². The lowest BCUT2D eigenvalue weighted by Gasteiger charge is -2.38. The average molecular weight is 563 g/mol. The molecule has 2 aromatic rings. The van der Waals surface area contributed by atoms with Gasteiger partial charge in [-0.1, -0.05) is 12.1 Å². The maximum atomic E-state index is 13.2. The van der Waals surface area contributed by atoms with Crippen molar-refractivity contribution in [1.29, 1.82) is 0 Å². The van der Waals surface area contributed by atoms with Gasteiger partial charge in [-0.15, -0.1) is 0 Å². The van der Waals surface area contributed by atoms with Crippen molar-refractivity contribution in [2.45, 2.75) is 25.7 Å². The first-order valence-corrected chi connectivity index (χ1v) is 12.9. The van der Waals surface area contributed by atoms with Gasteiger partial charge < -0.3 is 29.7 Å². The van der Waals surface area contributed by atoms with Gasteiger partial charge in [0.15, 0.2) is 0 Å². The standard InChI is InChI=1S/C28H33F3N4O5/c1-4-40-26(36)24-22(32-27(37)33-25(24)18-8-9-23(39-3)19(14-18)17-38-2)16-34-10-12-35(13-11-34)21-7-5-6-20(15-21)28(29,30)31/h5-9,14-15,25H,4,10-13,16-17H2,1-3H3,(H2,32,33,37). The molecule has 40 heavy (non-hydrogen) atoms. The van der Waals surface area contributed by atoms with Gasteiger partial charge in [-0.25, -0.2) is 9.59 Å². The Balaban J connectivity index is 1.57. The fraction of sp³-hybridized carbons (Fsp3) is 0.429. The summed E-state index contributed by atoms with van der Waals surface area (Å²) in [6.07, 6.45) is -4.41. The number of anilines is 1. The zero-order valence-electron chi connectivity index (χ0n) is 22.6. The number of carbonyl (C=O) groups excluding carboxylic acids is 2. The van der Waals surface area contributed by atoms with E-state index in [-0.39, 0.29) is 25.3 Å². The van der Waals surface area contributed by atoms with Crippen LogP contribution in [0.2, 0.25) is 0 Å². The number of ether oxygens (including phenoxy) is 3. The monoisotopic (exact) mass is 562 g/mol. The predicted molar refractivity (Wildman–Crippen MR) is 142 cm³/mol. The number of nitrogens with one attached hydrogen (secondary N) is 2.